The van der Waals surface area contributed by atoms with E-state index in [1.165, 1.54) is 64.5 Å². The molecule has 200 valence electrons. The number of aromatic nitrogens is 1. The van der Waals surface area contributed by atoms with E-state index in [2.05, 4.69) is 45.4 Å². The first-order valence-electron chi connectivity index (χ1n) is 15.0. The molecule has 2 aliphatic heterocycles. The second-order valence-electron chi connectivity index (χ2n) is 11.6. The molecular formula is C33H42N4O. The molecule has 3 aliphatic rings. The minimum atomic E-state index is 0.0749. The van der Waals surface area contributed by atoms with E-state index < -0.39 is 0 Å². The van der Waals surface area contributed by atoms with Gasteiger partial charge in [-0.1, -0.05) is 74.2 Å². The lowest BCUT2D eigenvalue weighted by Crippen LogP contribution is -2.46. The molecule has 3 fully saturated rings. The van der Waals surface area contributed by atoms with Crippen LogP contribution in [0.15, 0.2) is 54.6 Å². The largest absolute Gasteiger partial charge is 0.349 e. The van der Waals surface area contributed by atoms with Crippen LogP contribution < -0.4 is 5.32 Å². The van der Waals surface area contributed by atoms with E-state index in [4.69, 9.17) is 4.98 Å². The van der Waals surface area contributed by atoms with Gasteiger partial charge in [0.05, 0.1) is 16.8 Å². The Morgan fingerprint density at radius 1 is 0.789 bits per heavy atom. The quantitative estimate of drug-likeness (QED) is 0.416. The van der Waals surface area contributed by atoms with Gasteiger partial charge in [0.2, 0.25) is 0 Å². The number of benzene rings is 2. The minimum absolute atomic E-state index is 0.0749. The van der Waals surface area contributed by atoms with Gasteiger partial charge in [-0.2, -0.15) is 0 Å². The maximum Gasteiger partial charge on any atom is 0.252 e. The number of nitrogens with one attached hydrogen (secondary N) is 1. The highest BCUT2D eigenvalue weighted by Crippen LogP contribution is 2.33. The number of amides is 1. The van der Waals surface area contributed by atoms with Gasteiger partial charge >= 0.3 is 0 Å². The van der Waals surface area contributed by atoms with Gasteiger partial charge in [0.1, 0.15) is 0 Å². The van der Waals surface area contributed by atoms with Crippen molar-refractivity contribution >= 4 is 16.8 Å². The fourth-order valence-electron chi connectivity index (χ4n) is 6.95. The summed E-state index contributed by atoms with van der Waals surface area (Å²) in [5, 5.41) is 4.41. The summed E-state index contributed by atoms with van der Waals surface area (Å²) in [4.78, 5) is 24.5. The lowest BCUT2D eigenvalue weighted by atomic mass is 9.92. The van der Waals surface area contributed by atoms with Crippen molar-refractivity contribution in [2.24, 2.45) is 0 Å². The highest BCUT2D eigenvalue weighted by atomic mass is 16.1. The van der Waals surface area contributed by atoms with Crippen molar-refractivity contribution in [1.82, 2.24) is 20.1 Å². The Kier molecular flexibility index (Phi) is 8.03. The molecule has 38 heavy (non-hydrogen) atoms. The number of fused-ring (bicyclic) bond motifs is 1. The van der Waals surface area contributed by atoms with Crippen LogP contribution in [-0.4, -0.2) is 59.0 Å². The van der Waals surface area contributed by atoms with E-state index in [0.717, 1.165) is 65.8 Å². The molecule has 1 aromatic heterocycles. The van der Waals surface area contributed by atoms with Crippen LogP contribution in [-0.2, 0) is 6.54 Å². The highest BCUT2D eigenvalue weighted by molar-refractivity contribution is 6.09. The van der Waals surface area contributed by atoms with Gasteiger partial charge in [-0.15, -0.1) is 0 Å². The molecule has 1 N–H and O–H groups in total. The third-order valence-corrected chi connectivity index (χ3v) is 9.05. The SMILES string of the molecule is O=C(NC1CCCCC1)c1c(CN2CCC(N3CCCCC3)CC2)c(-c2ccccc2)nc2ccccc12. The van der Waals surface area contributed by atoms with Crippen LogP contribution in [0.4, 0.5) is 0 Å². The van der Waals surface area contributed by atoms with Gasteiger partial charge < -0.3 is 10.2 Å². The third-order valence-electron chi connectivity index (χ3n) is 9.05. The van der Waals surface area contributed by atoms with Gasteiger partial charge in [-0.25, -0.2) is 4.98 Å². The number of pyridine rings is 1. The Morgan fingerprint density at radius 2 is 1.47 bits per heavy atom. The molecule has 1 amide bonds. The van der Waals surface area contributed by atoms with Gasteiger partial charge in [-0.05, 0) is 70.8 Å². The number of carbonyl (C=O) groups excluding carboxylic acids is 1. The lowest BCUT2D eigenvalue weighted by molar-refractivity contribution is 0.0881. The monoisotopic (exact) mass is 510 g/mol. The van der Waals surface area contributed by atoms with E-state index >= 15 is 0 Å². The minimum Gasteiger partial charge on any atom is -0.349 e. The predicted molar refractivity (Wildman–Crippen MR) is 155 cm³/mol. The van der Waals surface area contributed by atoms with E-state index in [9.17, 15) is 4.79 Å². The van der Waals surface area contributed by atoms with Crippen molar-refractivity contribution in [3.63, 3.8) is 0 Å². The van der Waals surface area contributed by atoms with Crippen molar-refractivity contribution in [3.05, 3.63) is 65.7 Å². The van der Waals surface area contributed by atoms with E-state index in [1.54, 1.807) is 0 Å². The second kappa shape index (κ2) is 12.0. The molecular weight excluding hydrogens is 468 g/mol. The van der Waals surface area contributed by atoms with Crippen LogP contribution in [0.3, 0.4) is 0 Å². The summed E-state index contributed by atoms with van der Waals surface area (Å²) in [5.74, 6) is 0.0749. The number of likely N-dealkylation sites (tertiary alicyclic amines) is 2. The first-order chi connectivity index (χ1) is 18.8. The Balaban J connectivity index is 1.34. The number of nitrogens with zero attached hydrogens (tertiary/aromatic N) is 3. The maximum atomic E-state index is 14.1. The zero-order chi connectivity index (χ0) is 25.7. The molecule has 0 spiro atoms. The molecule has 6 rings (SSSR count). The average Bonchev–Trinajstić information content (AvgIpc) is 2.98. The Bertz CT molecular complexity index is 1220. The summed E-state index contributed by atoms with van der Waals surface area (Å²) in [6.45, 7) is 5.45. The van der Waals surface area contributed by atoms with Crippen molar-refractivity contribution in [3.8, 4) is 11.3 Å². The fourth-order valence-corrected chi connectivity index (χ4v) is 6.95. The van der Waals surface area contributed by atoms with Gasteiger partial charge in [0.25, 0.3) is 5.91 Å². The van der Waals surface area contributed by atoms with Crippen LogP contribution in [0, 0.1) is 0 Å². The molecule has 1 aliphatic carbocycles. The van der Waals surface area contributed by atoms with E-state index in [0.29, 0.717) is 6.04 Å². The first kappa shape index (κ1) is 25.5. The van der Waals surface area contributed by atoms with E-state index in [1.807, 2.05) is 24.3 Å². The Hall–Kier alpha value is -2.76. The van der Waals surface area contributed by atoms with Crippen LogP contribution in [0.1, 0.15) is 80.1 Å². The summed E-state index contributed by atoms with van der Waals surface area (Å²) in [5.41, 5.74) is 4.85. The molecule has 3 aromatic rings. The normalized spacial score (nSPS) is 20.5. The lowest BCUT2D eigenvalue weighted by Gasteiger charge is -2.40. The van der Waals surface area contributed by atoms with Crippen LogP contribution >= 0.6 is 0 Å². The number of piperidine rings is 2. The molecule has 5 heteroatoms. The standard InChI is InChI=1S/C33H42N4O/c38-33(34-26-14-6-2-7-15-26)31-28-16-8-9-17-30(28)35-32(25-12-4-1-5-13-25)29(31)24-36-22-18-27(19-23-36)37-20-10-3-11-21-37/h1,4-5,8-9,12-13,16-17,26-27H,2-3,6-7,10-11,14-15,18-24H2,(H,34,38). The molecule has 0 unspecified atom stereocenters. The molecule has 1 saturated carbocycles. The van der Waals surface area contributed by atoms with Crippen molar-refractivity contribution < 1.29 is 4.79 Å². The fraction of sp³-hybridized carbons (Fsp3) is 0.515. The van der Waals surface area contributed by atoms with Crippen LogP contribution in [0.25, 0.3) is 22.2 Å². The van der Waals surface area contributed by atoms with Gasteiger partial charge in [-0.3, -0.25) is 9.69 Å². The first-order valence-corrected chi connectivity index (χ1v) is 15.0. The zero-order valence-electron chi connectivity index (χ0n) is 22.7. The number of carbonyl (C=O) groups is 1. The summed E-state index contributed by atoms with van der Waals surface area (Å²) in [6, 6.07) is 19.6. The van der Waals surface area contributed by atoms with Crippen LogP contribution in [0.5, 0.6) is 0 Å². The molecule has 2 saturated heterocycles. The molecule has 3 heterocycles. The van der Waals surface area contributed by atoms with E-state index in [-0.39, 0.29) is 11.9 Å². The van der Waals surface area contributed by atoms with Crippen LogP contribution in [0.2, 0.25) is 0 Å². The third kappa shape index (κ3) is 5.64. The number of hydrogen-bond acceptors (Lipinski definition) is 4. The second-order valence-corrected chi connectivity index (χ2v) is 11.6. The Morgan fingerprint density at radius 3 is 2.24 bits per heavy atom. The predicted octanol–water partition coefficient (Wildman–Crippen LogP) is 6.41. The number of hydrogen-bond donors (Lipinski definition) is 1. The smallest absolute Gasteiger partial charge is 0.252 e. The van der Waals surface area contributed by atoms with Gasteiger partial charge in [0, 0.05) is 35.1 Å². The van der Waals surface area contributed by atoms with Gasteiger partial charge in [0.15, 0.2) is 0 Å². The highest BCUT2D eigenvalue weighted by Gasteiger charge is 2.29. The van der Waals surface area contributed by atoms with Crippen molar-refractivity contribution in [2.45, 2.75) is 82.8 Å². The molecule has 0 bridgehead atoms. The zero-order valence-corrected chi connectivity index (χ0v) is 22.7. The topological polar surface area (TPSA) is 48.5 Å². The maximum absolute atomic E-state index is 14.1. The molecule has 2 aromatic carbocycles. The molecule has 5 nitrogen and oxygen atoms in total. The van der Waals surface area contributed by atoms with Crippen molar-refractivity contribution in [1.29, 1.82) is 0 Å². The average molecular weight is 511 g/mol. The summed E-state index contributed by atoms with van der Waals surface area (Å²) in [7, 11) is 0. The molecule has 0 radical (unpaired) electrons. The Labute approximate surface area is 227 Å². The van der Waals surface area contributed by atoms with Crippen molar-refractivity contribution in [2.75, 3.05) is 26.2 Å². The summed E-state index contributed by atoms with van der Waals surface area (Å²) < 4.78 is 0. The summed E-state index contributed by atoms with van der Waals surface area (Å²) >= 11 is 0. The summed E-state index contributed by atoms with van der Waals surface area (Å²) in [6.07, 6.45) is 12.4. The number of para-hydroxylation sites is 1. The molecule has 0 atom stereocenters. The number of rotatable bonds is 6.